The lowest BCUT2D eigenvalue weighted by molar-refractivity contribution is 0.00979. The van der Waals surface area contributed by atoms with Crippen molar-refractivity contribution in [1.29, 1.82) is 0 Å². The third kappa shape index (κ3) is 4.32. The van der Waals surface area contributed by atoms with Gasteiger partial charge in [0, 0.05) is 17.1 Å². The standard InChI is InChI=1S/C17H19Cl2N3O3/c1-22-15(16(17(23)24)20-21-22)9-25-14-4-2-10(3-5-14)11-6-12(18)8-13(19)7-11/h6-8,10,14H,2-5,9H2,1H3,(H,23,24). The summed E-state index contributed by atoms with van der Waals surface area (Å²) >= 11 is 12.2. The first kappa shape index (κ1) is 18.2. The zero-order valence-corrected chi connectivity index (χ0v) is 15.3. The van der Waals surface area contributed by atoms with Crippen LogP contribution in [0, 0.1) is 0 Å². The normalized spacial score (nSPS) is 20.6. The lowest BCUT2D eigenvalue weighted by Crippen LogP contribution is -2.21. The maximum Gasteiger partial charge on any atom is 0.358 e. The van der Waals surface area contributed by atoms with E-state index in [0.717, 1.165) is 25.7 Å². The molecule has 25 heavy (non-hydrogen) atoms. The second-order valence-corrected chi connectivity index (χ2v) is 7.17. The van der Waals surface area contributed by atoms with E-state index in [9.17, 15) is 4.79 Å². The van der Waals surface area contributed by atoms with Crippen molar-refractivity contribution in [2.45, 2.75) is 44.3 Å². The van der Waals surface area contributed by atoms with Crippen molar-refractivity contribution in [2.75, 3.05) is 0 Å². The maximum absolute atomic E-state index is 11.1. The fraction of sp³-hybridized carbons (Fsp3) is 0.471. The van der Waals surface area contributed by atoms with Crippen molar-refractivity contribution in [3.05, 3.63) is 45.2 Å². The number of halogens is 2. The van der Waals surface area contributed by atoms with E-state index in [1.54, 1.807) is 13.1 Å². The molecule has 0 saturated heterocycles. The van der Waals surface area contributed by atoms with E-state index < -0.39 is 5.97 Å². The molecule has 1 N–H and O–H groups in total. The topological polar surface area (TPSA) is 77.2 Å². The Morgan fingerprint density at radius 1 is 1.24 bits per heavy atom. The predicted octanol–water partition coefficient (Wildman–Crippen LogP) is 4.06. The second-order valence-electron chi connectivity index (χ2n) is 6.30. The molecule has 1 fully saturated rings. The summed E-state index contributed by atoms with van der Waals surface area (Å²) in [5, 5.41) is 17.9. The molecule has 0 spiro atoms. The average molecular weight is 384 g/mol. The molecule has 1 heterocycles. The van der Waals surface area contributed by atoms with Gasteiger partial charge in [-0.05, 0) is 55.4 Å². The molecule has 3 rings (SSSR count). The van der Waals surface area contributed by atoms with Crippen molar-refractivity contribution in [3.63, 3.8) is 0 Å². The van der Waals surface area contributed by atoms with E-state index in [-0.39, 0.29) is 18.4 Å². The van der Waals surface area contributed by atoms with Gasteiger partial charge in [0.15, 0.2) is 5.69 Å². The Hall–Kier alpha value is -1.63. The number of aryl methyl sites for hydroxylation is 1. The van der Waals surface area contributed by atoms with Crippen LogP contribution < -0.4 is 0 Å². The number of carbonyl (C=O) groups is 1. The van der Waals surface area contributed by atoms with Crippen LogP contribution in [-0.4, -0.2) is 32.2 Å². The van der Waals surface area contributed by atoms with E-state index in [0.29, 0.717) is 21.7 Å². The van der Waals surface area contributed by atoms with Crippen LogP contribution >= 0.6 is 23.2 Å². The van der Waals surface area contributed by atoms with Crippen molar-refractivity contribution in [2.24, 2.45) is 7.05 Å². The predicted molar refractivity (Wildman–Crippen MR) is 94.2 cm³/mol. The van der Waals surface area contributed by atoms with Crippen LogP contribution in [-0.2, 0) is 18.4 Å². The summed E-state index contributed by atoms with van der Waals surface area (Å²) in [4.78, 5) is 11.1. The Balaban J connectivity index is 1.56. The van der Waals surface area contributed by atoms with E-state index in [1.807, 2.05) is 12.1 Å². The van der Waals surface area contributed by atoms with Crippen LogP contribution in [0.15, 0.2) is 18.2 Å². The van der Waals surface area contributed by atoms with Crippen LogP contribution in [0.2, 0.25) is 10.0 Å². The number of aromatic carboxylic acids is 1. The van der Waals surface area contributed by atoms with Gasteiger partial charge in [0.2, 0.25) is 0 Å². The van der Waals surface area contributed by atoms with E-state index in [2.05, 4.69) is 10.3 Å². The molecule has 0 aliphatic heterocycles. The van der Waals surface area contributed by atoms with Crippen molar-refractivity contribution >= 4 is 29.2 Å². The van der Waals surface area contributed by atoms with Gasteiger partial charge in [-0.15, -0.1) is 5.10 Å². The number of hydrogen-bond acceptors (Lipinski definition) is 4. The molecule has 0 amide bonds. The molecule has 0 bridgehead atoms. The molecule has 1 saturated carbocycles. The minimum absolute atomic E-state index is 0.0512. The van der Waals surface area contributed by atoms with Crippen LogP contribution in [0.4, 0.5) is 0 Å². The summed E-state index contributed by atoms with van der Waals surface area (Å²) in [5.74, 6) is -0.669. The molecule has 1 aromatic heterocycles. The molecule has 0 unspecified atom stereocenters. The van der Waals surface area contributed by atoms with Crippen molar-refractivity contribution in [3.8, 4) is 0 Å². The lowest BCUT2D eigenvalue weighted by atomic mass is 9.83. The zero-order valence-electron chi connectivity index (χ0n) is 13.8. The molecule has 2 aromatic rings. The first-order valence-electron chi connectivity index (χ1n) is 8.13. The maximum atomic E-state index is 11.1. The minimum Gasteiger partial charge on any atom is -0.476 e. The van der Waals surface area contributed by atoms with Gasteiger partial charge >= 0.3 is 5.97 Å². The number of aromatic nitrogens is 3. The number of carboxylic acids is 1. The lowest BCUT2D eigenvalue weighted by Gasteiger charge is -2.29. The quantitative estimate of drug-likeness (QED) is 0.841. The van der Waals surface area contributed by atoms with Crippen molar-refractivity contribution < 1.29 is 14.6 Å². The number of rotatable bonds is 5. The smallest absolute Gasteiger partial charge is 0.358 e. The molecule has 134 valence electrons. The highest BCUT2D eigenvalue weighted by Gasteiger charge is 2.25. The highest BCUT2D eigenvalue weighted by molar-refractivity contribution is 6.34. The number of carboxylic acid groups (broad SMARTS) is 1. The third-order valence-electron chi connectivity index (χ3n) is 4.63. The van der Waals surface area contributed by atoms with Crippen molar-refractivity contribution in [1.82, 2.24) is 15.0 Å². The highest BCUT2D eigenvalue weighted by atomic mass is 35.5. The molecule has 6 nitrogen and oxygen atoms in total. The van der Waals surface area contributed by atoms with Gasteiger partial charge in [-0.2, -0.15) is 0 Å². The number of hydrogen-bond donors (Lipinski definition) is 1. The van der Waals surface area contributed by atoms with E-state index in [4.69, 9.17) is 33.0 Å². The monoisotopic (exact) mass is 383 g/mol. The Bertz CT molecular complexity index is 750. The molecule has 1 aromatic carbocycles. The summed E-state index contributed by atoms with van der Waals surface area (Å²) in [5.41, 5.74) is 1.60. The van der Waals surface area contributed by atoms with E-state index in [1.165, 1.54) is 10.2 Å². The largest absolute Gasteiger partial charge is 0.476 e. The summed E-state index contributed by atoms with van der Waals surface area (Å²) in [7, 11) is 1.66. The number of nitrogens with zero attached hydrogens (tertiary/aromatic N) is 3. The zero-order chi connectivity index (χ0) is 18.0. The van der Waals surface area contributed by atoms with Gasteiger partial charge in [0.25, 0.3) is 0 Å². The third-order valence-corrected chi connectivity index (χ3v) is 5.07. The second kappa shape index (κ2) is 7.72. The first-order valence-corrected chi connectivity index (χ1v) is 8.89. The van der Waals surface area contributed by atoms with E-state index >= 15 is 0 Å². The Labute approximate surface area is 155 Å². The number of ether oxygens (including phenoxy) is 1. The molecule has 0 atom stereocenters. The summed E-state index contributed by atoms with van der Waals surface area (Å²) < 4.78 is 7.36. The molecular formula is C17H19Cl2N3O3. The van der Waals surface area contributed by atoms with Gasteiger partial charge in [0.05, 0.1) is 18.4 Å². The summed E-state index contributed by atoms with van der Waals surface area (Å²) in [6.07, 6.45) is 3.88. The van der Waals surface area contributed by atoms with Gasteiger partial charge in [0.1, 0.15) is 0 Å². The molecule has 8 heteroatoms. The first-order chi connectivity index (χ1) is 11.9. The van der Waals surface area contributed by atoms with Crippen LogP contribution in [0.3, 0.4) is 0 Å². The van der Waals surface area contributed by atoms with Crippen LogP contribution in [0.5, 0.6) is 0 Å². The minimum atomic E-state index is -1.09. The van der Waals surface area contributed by atoms with Gasteiger partial charge in [-0.3, -0.25) is 0 Å². The number of benzene rings is 1. The fourth-order valence-corrected chi connectivity index (χ4v) is 3.82. The summed E-state index contributed by atoms with van der Waals surface area (Å²) in [6, 6.07) is 5.68. The Kier molecular flexibility index (Phi) is 5.61. The average Bonchev–Trinajstić information content (AvgIpc) is 2.93. The fourth-order valence-electron chi connectivity index (χ4n) is 3.28. The summed E-state index contributed by atoms with van der Waals surface area (Å²) in [6.45, 7) is 0.198. The van der Waals surface area contributed by atoms with Gasteiger partial charge in [-0.1, -0.05) is 28.4 Å². The molecule has 1 aliphatic rings. The molecule has 1 aliphatic carbocycles. The molecular weight excluding hydrogens is 365 g/mol. The van der Waals surface area contributed by atoms with Gasteiger partial charge < -0.3 is 9.84 Å². The van der Waals surface area contributed by atoms with Gasteiger partial charge in [-0.25, -0.2) is 9.48 Å². The van der Waals surface area contributed by atoms with Crippen LogP contribution in [0.1, 0.15) is 53.3 Å². The Morgan fingerprint density at radius 3 is 2.48 bits per heavy atom. The van der Waals surface area contributed by atoms with Crippen LogP contribution in [0.25, 0.3) is 0 Å². The highest BCUT2D eigenvalue weighted by Crippen LogP contribution is 2.36. The SMILES string of the molecule is Cn1nnc(C(=O)O)c1COC1CCC(c2cc(Cl)cc(Cl)c2)CC1. The Morgan fingerprint density at radius 2 is 1.88 bits per heavy atom. The molecule has 0 radical (unpaired) electrons.